The zero-order valence-electron chi connectivity index (χ0n) is 19.8. The van der Waals surface area contributed by atoms with E-state index in [1.165, 1.54) is 0 Å². The van der Waals surface area contributed by atoms with Gasteiger partial charge in [0.2, 0.25) is 5.95 Å². The molecule has 0 atom stereocenters. The van der Waals surface area contributed by atoms with Crippen LogP contribution in [0.1, 0.15) is 0 Å². The number of nitrogens with one attached hydrogen (secondary N) is 2. The van der Waals surface area contributed by atoms with Gasteiger partial charge >= 0.3 is 0 Å². The van der Waals surface area contributed by atoms with Crippen molar-refractivity contribution in [1.29, 1.82) is 0 Å². The predicted octanol–water partition coefficient (Wildman–Crippen LogP) is 3.47. The minimum Gasteiger partial charge on any atom is -0.354 e. The van der Waals surface area contributed by atoms with Crippen LogP contribution in [-0.4, -0.2) is 66.5 Å². The van der Waals surface area contributed by atoms with Gasteiger partial charge in [-0.05, 0) is 37.4 Å². The van der Waals surface area contributed by atoms with Crippen molar-refractivity contribution in [2.24, 2.45) is 0 Å². The fraction of sp³-hybridized carbons (Fsp3) is 0.200. The molecule has 4 aromatic rings. The molecule has 3 aromatic heterocycles. The Morgan fingerprint density at radius 1 is 0.972 bits per heavy atom. The maximum atomic E-state index is 11.9. The van der Waals surface area contributed by atoms with Crippen LogP contribution >= 0.6 is 0 Å². The van der Waals surface area contributed by atoms with Crippen LogP contribution in [0.25, 0.3) is 22.2 Å². The highest BCUT2D eigenvalue weighted by Crippen LogP contribution is 2.28. The molecule has 0 amide bonds. The lowest BCUT2D eigenvalue weighted by atomic mass is 10.1. The van der Waals surface area contributed by atoms with Gasteiger partial charge in [-0.15, -0.1) is 0 Å². The summed E-state index contributed by atoms with van der Waals surface area (Å²) in [6.07, 6.45) is 5.18. The molecule has 0 spiro atoms. The average Bonchev–Trinajstić information content (AvgIpc) is 2.89. The molecule has 1 aliphatic heterocycles. The standard InChI is InChI=1S/C25H26N8O2S/c1-3-36(34,35)31-20-6-4-5-18(15-20)23-24-19(9-10-26-23)16-28-25(30-24)29-21-7-8-22(27-17-21)33-13-11-32(2)12-14-33/h3-10,15-17,31H,1,11-14H2,2H3,(H,28,29,30). The van der Waals surface area contributed by atoms with E-state index in [4.69, 9.17) is 4.98 Å². The molecule has 0 aliphatic carbocycles. The molecule has 11 heteroatoms. The summed E-state index contributed by atoms with van der Waals surface area (Å²) in [7, 11) is -1.49. The molecule has 0 unspecified atom stereocenters. The number of hydrogen-bond donors (Lipinski definition) is 2. The zero-order valence-corrected chi connectivity index (χ0v) is 20.6. The monoisotopic (exact) mass is 502 g/mol. The first kappa shape index (κ1) is 23.6. The molecular formula is C25H26N8O2S. The number of anilines is 4. The molecule has 10 nitrogen and oxygen atoms in total. The number of sulfonamides is 1. The van der Waals surface area contributed by atoms with E-state index in [1.54, 1.807) is 36.8 Å². The van der Waals surface area contributed by atoms with Gasteiger partial charge in [0.15, 0.2) is 0 Å². The van der Waals surface area contributed by atoms with Crippen LogP contribution in [0.3, 0.4) is 0 Å². The van der Waals surface area contributed by atoms with E-state index < -0.39 is 10.0 Å². The molecule has 4 heterocycles. The normalized spacial score (nSPS) is 14.5. The van der Waals surface area contributed by atoms with Gasteiger partial charge in [0.1, 0.15) is 11.3 Å². The second-order valence-electron chi connectivity index (χ2n) is 8.51. The number of fused-ring (bicyclic) bond motifs is 1. The largest absolute Gasteiger partial charge is 0.354 e. The average molecular weight is 503 g/mol. The summed E-state index contributed by atoms with van der Waals surface area (Å²) >= 11 is 0. The molecule has 2 N–H and O–H groups in total. The van der Waals surface area contributed by atoms with E-state index in [1.807, 2.05) is 24.3 Å². The Kier molecular flexibility index (Phi) is 6.49. The van der Waals surface area contributed by atoms with Crippen molar-refractivity contribution >= 4 is 44.1 Å². The lowest BCUT2D eigenvalue weighted by molar-refractivity contribution is 0.312. The Hall–Kier alpha value is -4.09. The molecule has 1 aliphatic rings. The molecule has 1 aromatic carbocycles. The third-order valence-corrected chi connectivity index (χ3v) is 6.90. The Morgan fingerprint density at radius 2 is 1.81 bits per heavy atom. The Morgan fingerprint density at radius 3 is 2.56 bits per heavy atom. The second-order valence-corrected chi connectivity index (χ2v) is 10.1. The fourth-order valence-corrected chi connectivity index (χ4v) is 4.51. The molecule has 5 rings (SSSR count). The van der Waals surface area contributed by atoms with E-state index in [9.17, 15) is 8.42 Å². The number of hydrogen-bond acceptors (Lipinski definition) is 9. The Bertz CT molecular complexity index is 1500. The van der Waals surface area contributed by atoms with E-state index in [2.05, 4.69) is 48.4 Å². The summed E-state index contributed by atoms with van der Waals surface area (Å²) < 4.78 is 26.2. The summed E-state index contributed by atoms with van der Waals surface area (Å²) in [4.78, 5) is 22.9. The lowest BCUT2D eigenvalue weighted by Crippen LogP contribution is -2.44. The van der Waals surface area contributed by atoms with Crippen LogP contribution < -0.4 is 14.9 Å². The smallest absolute Gasteiger partial charge is 0.254 e. The van der Waals surface area contributed by atoms with Gasteiger partial charge in [0, 0.05) is 60.6 Å². The summed E-state index contributed by atoms with van der Waals surface area (Å²) in [5.74, 6) is 1.36. The van der Waals surface area contributed by atoms with Crippen molar-refractivity contribution in [3.8, 4) is 11.3 Å². The van der Waals surface area contributed by atoms with Gasteiger partial charge in [-0.2, -0.15) is 0 Å². The Balaban J connectivity index is 1.40. The summed E-state index contributed by atoms with van der Waals surface area (Å²) in [6.45, 7) is 7.28. The number of likely N-dealkylation sites (N-methyl/N-ethyl adjacent to an activating group) is 1. The summed E-state index contributed by atoms with van der Waals surface area (Å²) in [6, 6.07) is 12.8. The third kappa shape index (κ3) is 5.26. The third-order valence-electron chi connectivity index (χ3n) is 5.95. The Labute approximate surface area is 209 Å². The number of piperazine rings is 1. The van der Waals surface area contributed by atoms with Crippen molar-refractivity contribution in [2.75, 3.05) is 48.2 Å². The van der Waals surface area contributed by atoms with Crippen LogP contribution in [-0.2, 0) is 10.0 Å². The van der Waals surface area contributed by atoms with Crippen LogP contribution in [0.2, 0.25) is 0 Å². The maximum Gasteiger partial charge on any atom is 0.254 e. The lowest BCUT2D eigenvalue weighted by Gasteiger charge is -2.33. The molecule has 1 fully saturated rings. The van der Waals surface area contributed by atoms with Crippen LogP contribution in [0, 0.1) is 0 Å². The van der Waals surface area contributed by atoms with Gasteiger partial charge in [-0.3, -0.25) is 9.71 Å². The van der Waals surface area contributed by atoms with E-state index >= 15 is 0 Å². The molecular weight excluding hydrogens is 476 g/mol. The topological polar surface area (TPSA) is 116 Å². The van der Waals surface area contributed by atoms with Crippen LogP contribution in [0.5, 0.6) is 0 Å². The summed E-state index contributed by atoms with van der Waals surface area (Å²) in [5, 5.41) is 4.90. The van der Waals surface area contributed by atoms with Crippen LogP contribution in [0.4, 0.5) is 23.1 Å². The quantitative estimate of drug-likeness (QED) is 0.392. The number of pyridine rings is 2. The molecule has 36 heavy (non-hydrogen) atoms. The summed E-state index contributed by atoms with van der Waals surface area (Å²) in [5.41, 5.74) is 3.15. The van der Waals surface area contributed by atoms with E-state index in [0.717, 1.165) is 48.5 Å². The maximum absolute atomic E-state index is 11.9. The van der Waals surface area contributed by atoms with Crippen molar-refractivity contribution in [3.05, 3.63) is 73.0 Å². The number of nitrogens with zero attached hydrogens (tertiary/aromatic N) is 6. The van der Waals surface area contributed by atoms with Gasteiger partial charge in [0.25, 0.3) is 10.0 Å². The highest BCUT2D eigenvalue weighted by atomic mass is 32.2. The second kappa shape index (κ2) is 9.88. The number of rotatable bonds is 7. The number of benzene rings is 1. The van der Waals surface area contributed by atoms with Gasteiger partial charge in [-0.1, -0.05) is 18.7 Å². The first-order chi connectivity index (χ1) is 17.4. The van der Waals surface area contributed by atoms with Crippen molar-refractivity contribution in [2.45, 2.75) is 0 Å². The zero-order chi connectivity index (χ0) is 25.1. The van der Waals surface area contributed by atoms with E-state index in [-0.39, 0.29) is 0 Å². The van der Waals surface area contributed by atoms with Gasteiger partial charge in [0.05, 0.1) is 17.6 Å². The SMILES string of the molecule is C=CS(=O)(=O)Nc1cccc(-c2nccc3cnc(Nc4ccc(N5CCN(C)CC5)nc4)nc23)c1. The molecule has 184 valence electrons. The minimum atomic E-state index is -3.62. The van der Waals surface area contributed by atoms with Crippen molar-refractivity contribution in [1.82, 2.24) is 24.8 Å². The molecule has 1 saturated heterocycles. The molecule has 0 bridgehead atoms. The predicted molar refractivity (Wildman–Crippen MR) is 143 cm³/mol. The van der Waals surface area contributed by atoms with Crippen LogP contribution in [0.15, 0.2) is 73.0 Å². The minimum absolute atomic E-state index is 0.408. The fourth-order valence-electron chi connectivity index (χ4n) is 3.98. The first-order valence-corrected chi connectivity index (χ1v) is 13.0. The van der Waals surface area contributed by atoms with Gasteiger partial charge < -0.3 is 15.1 Å². The molecule has 0 radical (unpaired) electrons. The van der Waals surface area contributed by atoms with Gasteiger partial charge in [-0.25, -0.2) is 23.4 Å². The van der Waals surface area contributed by atoms with Crippen molar-refractivity contribution in [3.63, 3.8) is 0 Å². The molecule has 0 saturated carbocycles. The number of aromatic nitrogens is 4. The van der Waals surface area contributed by atoms with Crippen molar-refractivity contribution < 1.29 is 8.42 Å². The van der Waals surface area contributed by atoms with E-state index in [0.29, 0.717) is 28.4 Å². The first-order valence-electron chi connectivity index (χ1n) is 11.4. The highest BCUT2D eigenvalue weighted by molar-refractivity contribution is 7.95. The highest BCUT2D eigenvalue weighted by Gasteiger charge is 2.15.